The smallest absolute Gasteiger partial charge is 0.268 e. The Morgan fingerprint density at radius 2 is 1.71 bits per heavy atom. The summed E-state index contributed by atoms with van der Waals surface area (Å²) in [5.41, 5.74) is 0.797. The van der Waals surface area contributed by atoms with Crippen LogP contribution in [0.3, 0.4) is 0 Å². The molecular formula is C21H24N4O2S. The lowest BCUT2D eigenvalue weighted by Crippen LogP contribution is -2.48. The largest absolute Gasteiger partial charge is 0.492 e. The van der Waals surface area contributed by atoms with E-state index in [1.54, 1.807) is 28.2 Å². The van der Waals surface area contributed by atoms with Crippen LogP contribution in [0.25, 0.3) is 10.6 Å². The predicted molar refractivity (Wildman–Crippen MR) is 112 cm³/mol. The molecule has 0 unspecified atom stereocenters. The summed E-state index contributed by atoms with van der Waals surface area (Å²) in [5, 5.41) is 6.57. The Morgan fingerprint density at radius 1 is 0.929 bits per heavy atom. The van der Waals surface area contributed by atoms with Gasteiger partial charge in [-0.05, 0) is 29.6 Å². The van der Waals surface area contributed by atoms with Crippen molar-refractivity contribution in [1.29, 1.82) is 0 Å². The second-order valence-corrected chi connectivity index (χ2v) is 7.74. The van der Waals surface area contributed by atoms with Crippen molar-refractivity contribution in [2.75, 3.05) is 39.3 Å². The zero-order valence-corrected chi connectivity index (χ0v) is 16.6. The van der Waals surface area contributed by atoms with Gasteiger partial charge in [0.1, 0.15) is 18.1 Å². The third-order valence-electron chi connectivity index (χ3n) is 4.86. The van der Waals surface area contributed by atoms with Gasteiger partial charge >= 0.3 is 0 Å². The molecule has 1 aromatic carbocycles. The molecule has 0 radical (unpaired) electrons. The van der Waals surface area contributed by atoms with Gasteiger partial charge in [0.25, 0.3) is 5.56 Å². The van der Waals surface area contributed by atoms with E-state index in [4.69, 9.17) is 4.74 Å². The second-order valence-electron chi connectivity index (χ2n) is 6.80. The van der Waals surface area contributed by atoms with Crippen molar-refractivity contribution < 1.29 is 4.74 Å². The Kier molecular flexibility index (Phi) is 6.16. The molecule has 7 heteroatoms. The van der Waals surface area contributed by atoms with Gasteiger partial charge in [0.15, 0.2) is 0 Å². The van der Waals surface area contributed by atoms with Crippen molar-refractivity contribution in [3.63, 3.8) is 0 Å². The summed E-state index contributed by atoms with van der Waals surface area (Å²) in [5.74, 6) is 0.914. The van der Waals surface area contributed by atoms with Gasteiger partial charge in [0, 0.05) is 38.8 Å². The molecule has 0 bridgehead atoms. The van der Waals surface area contributed by atoms with Gasteiger partial charge in [0.05, 0.1) is 11.5 Å². The predicted octanol–water partition coefficient (Wildman–Crippen LogP) is 2.63. The highest BCUT2D eigenvalue weighted by atomic mass is 32.1. The minimum Gasteiger partial charge on any atom is -0.492 e. The van der Waals surface area contributed by atoms with Gasteiger partial charge in [-0.2, -0.15) is 5.10 Å². The molecule has 0 N–H and O–H groups in total. The van der Waals surface area contributed by atoms with E-state index in [0.717, 1.165) is 49.0 Å². The van der Waals surface area contributed by atoms with E-state index < -0.39 is 0 Å². The normalized spacial score (nSPS) is 15.6. The van der Waals surface area contributed by atoms with Crippen LogP contribution in [0.1, 0.15) is 0 Å². The zero-order valence-electron chi connectivity index (χ0n) is 15.7. The molecule has 0 atom stereocenters. The minimum absolute atomic E-state index is 0.0565. The number of rotatable bonds is 7. The summed E-state index contributed by atoms with van der Waals surface area (Å²) >= 11 is 1.63. The summed E-state index contributed by atoms with van der Waals surface area (Å²) in [6.07, 6.45) is 0. The van der Waals surface area contributed by atoms with Crippen LogP contribution in [-0.4, -0.2) is 58.9 Å². The fraction of sp³-hybridized carbons (Fsp3) is 0.333. The molecule has 4 rings (SSSR count). The molecule has 0 aliphatic carbocycles. The summed E-state index contributed by atoms with van der Waals surface area (Å²) in [7, 11) is 0. The van der Waals surface area contributed by atoms with E-state index in [9.17, 15) is 4.79 Å². The number of piperazine rings is 1. The highest BCUT2D eigenvalue weighted by Gasteiger charge is 2.18. The molecule has 0 spiro atoms. The van der Waals surface area contributed by atoms with E-state index in [1.807, 2.05) is 47.8 Å². The van der Waals surface area contributed by atoms with E-state index >= 15 is 0 Å². The maximum atomic E-state index is 12.2. The Bertz CT molecular complexity index is 919. The van der Waals surface area contributed by atoms with Gasteiger partial charge in [-0.15, -0.1) is 11.3 Å². The second kappa shape index (κ2) is 9.14. The number of para-hydroxylation sites is 1. The fourth-order valence-corrected chi connectivity index (χ4v) is 3.95. The Balaban J connectivity index is 1.26. The number of hydrogen-bond acceptors (Lipinski definition) is 6. The van der Waals surface area contributed by atoms with Crippen LogP contribution < -0.4 is 10.3 Å². The van der Waals surface area contributed by atoms with E-state index in [-0.39, 0.29) is 5.56 Å². The zero-order chi connectivity index (χ0) is 19.2. The van der Waals surface area contributed by atoms with Gasteiger partial charge in [-0.3, -0.25) is 14.6 Å². The Hall–Kier alpha value is -2.48. The number of thiophene rings is 1. The summed E-state index contributed by atoms with van der Waals surface area (Å²) in [6.45, 7) is 5.91. The van der Waals surface area contributed by atoms with Crippen LogP contribution in [-0.2, 0) is 6.67 Å². The highest BCUT2D eigenvalue weighted by molar-refractivity contribution is 7.13. The number of ether oxygens (including phenoxy) is 1. The Labute approximate surface area is 168 Å². The van der Waals surface area contributed by atoms with Gasteiger partial charge < -0.3 is 4.74 Å². The van der Waals surface area contributed by atoms with Gasteiger partial charge in [-0.25, -0.2) is 4.68 Å². The third kappa shape index (κ3) is 4.86. The van der Waals surface area contributed by atoms with Crippen LogP contribution in [0.2, 0.25) is 0 Å². The minimum atomic E-state index is -0.0565. The first kappa shape index (κ1) is 18.9. The third-order valence-corrected chi connectivity index (χ3v) is 5.75. The summed E-state index contributed by atoms with van der Waals surface area (Å²) < 4.78 is 7.36. The van der Waals surface area contributed by atoms with E-state index in [2.05, 4.69) is 14.9 Å². The van der Waals surface area contributed by atoms with Gasteiger partial charge in [0.2, 0.25) is 0 Å². The van der Waals surface area contributed by atoms with Crippen molar-refractivity contribution in [3.05, 3.63) is 70.3 Å². The molecule has 146 valence electrons. The molecular weight excluding hydrogens is 372 g/mol. The van der Waals surface area contributed by atoms with Crippen molar-refractivity contribution in [2.45, 2.75) is 6.67 Å². The van der Waals surface area contributed by atoms with Crippen LogP contribution in [0.15, 0.2) is 64.8 Å². The first-order valence-corrected chi connectivity index (χ1v) is 10.4. The summed E-state index contributed by atoms with van der Waals surface area (Å²) in [4.78, 5) is 18.0. The molecule has 1 aliphatic rings. The van der Waals surface area contributed by atoms with Crippen molar-refractivity contribution in [2.24, 2.45) is 0 Å². The van der Waals surface area contributed by atoms with Crippen LogP contribution >= 0.6 is 11.3 Å². The maximum Gasteiger partial charge on any atom is 0.268 e. The topological polar surface area (TPSA) is 50.6 Å². The monoisotopic (exact) mass is 396 g/mol. The molecule has 1 aliphatic heterocycles. The van der Waals surface area contributed by atoms with Crippen molar-refractivity contribution in [3.8, 4) is 16.3 Å². The number of hydrogen-bond donors (Lipinski definition) is 0. The number of benzene rings is 1. The molecule has 3 aromatic rings. The molecule has 1 fully saturated rings. The maximum absolute atomic E-state index is 12.2. The average Bonchev–Trinajstić information content (AvgIpc) is 3.27. The first-order chi connectivity index (χ1) is 13.8. The SMILES string of the molecule is O=c1ccc(-c2cccs2)nn1CN1CCN(CCOc2ccccc2)CC1. The quantitative estimate of drug-likeness (QED) is 0.615. The molecule has 1 saturated heterocycles. The number of nitrogens with zero attached hydrogens (tertiary/aromatic N) is 4. The molecule has 3 heterocycles. The molecule has 0 saturated carbocycles. The first-order valence-electron chi connectivity index (χ1n) is 9.52. The molecule has 2 aromatic heterocycles. The van der Waals surface area contributed by atoms with Crippen LogP contribution in [0.5, 0.6) is 5.75 Å². The van der Waals surface area contributed by atoms with Crippen molar-refractivity contribution in [1.82, 2.24) is 19.6 Å². The molecule has 6 nitrogen and oxygen atoms in total. The van der Waals surface area contributed by atoms with E-state index in [1.165, 1.54) is 0 Å². The lowest BCUT2D eigenvalue weighted by Gasteiger charge is -2.34. The lowest BCUT2D eigenvalue weighted by molar-refractivity contribution is 0.0912. The van der Waals surface area contributed by atoms with Crippen LogP contribution in [0, 0.1) is 0 Å². The standard InChI is InChI=1S/C21H24N4O2S/c26-21-9-8-19(20-7-4-16-28-20)22-25(21)17-24-12-10-23(11-13-24)14-15-27-18-5-2-1-3-6-18/h1-9,16H,10-15,17H2. The van der Waals surface area contributed by atoms with E-state index in [0.29, 0.717) is 13.3 Å². The van der Waals surface area contributed by atoms with Gasteiger partial charge in [-0.1, -0.05) is 24.3 Å². The van der Waals surface area contributed by atoms with Crippen molar-refractivity contribution >= 4 is 11.3 Å². The van der Waals surface area contributed by atoms with Crippen LogP contribution in [0.4, 0.5) is 0 Å². The number of aromatic nitrogens is 2. The highest BCUT2D eigenvalue weighted by Crippen LogP contribution is 2.21. The molecule has 28 heavy (non-hydrogen) atoms. The lowest BCUT2D eigenvalue weighted by atomic mass is 10.3. The summed E-state index contributed by atoms with van der Waals surface area (Å²) in [6, 6.07) is 17.3. The fourth-order valence-electron chi connectivity index (χ4n) is 3.26. The Morgan fingerprint density at radius 3 is 2.46 bits per heavy atom. The average molecular weight is 397 g/mol. The molecule has 0 amide bonds.